The molecule has 0 aliphatic carbocycles. The maximum Gasteiger partial charge on any atom is 0.175 e. The fourth-order valence-corrected chi connectivity index (χ4v) is 4.61. The molecule has 0 aromatic heterocycles. The van der Waals surface area contributed by atoms with Crippen LogP contribution in [0.5, 0.6) is 0 Å². The van der Waals surface area contributed by atoms with Crippen molar-refractivity contribution in [3.63, 3.8) is 0 Å². The van der Waals surface area contributed by atoms with Gasteiger partial charge in [0.05, 0.1) is 18.1 Å². The summed E-state index contributed by atoms with van der Waals surface area (Å²) in [5.74, 6) is 0. The average Bonchev–Trinajstić information content (AvgIpc) is 2.94. The van der Waals surface area contributed by atoms with Crippen LogP contribution in [-0.4, -0.2) is 100 Å². The van der Waals surface area contributed by atoms with Gasteiger partial charge in [-0.2, -0.15) is 0 Å². The van der Waals surface area contributed by atoms with E-state index in [1.165, 1.54) is 6.26 Å². The first-order chi connectivity index (χ1) is 13.9. The van der Waals surface area contributed by atoms with E-state index in [2.05, 4.69) is 20.0 Å². The van der Waals surface area contributed by atoms with Crippen LogP contribution in [0.3, 0.4) is 0 Å². The van der Waals surface area contributed by atoms with E-state index in [4.69, 9.17) is 17.0 Å². The molecule has 2 heterocycles. The number of benzene rings is 1. The molecule has 2 aliphatic rings. The summed E-state index contributed by atoms with van der Waals surface area (Å²) in [6.45, 7) is 10.2. The number of hydrogen-bond acceptors (Lipinski definition) is 6. The Balaban J connectivity index is 1.41. The van der Waals surface area contributed by atoms with Gasteiger partial charge < -0.3 is 15.0 Å². The number of hydrogen-bond donors (Lipinski definition) is 1. The van der Waals surface area contributed by atoms with Crippen molar-refractivity contribution in [2.75, 3.05) is 71.8 Å². The van der Waals surface area contributed by atoms with E-state index in [9.17, 15) is 8.42 Å². The second-order valence-corrected chi connectivity index (χ2v) is 10.1. The predicted molar refractivity (Wildman–Crippen MR) is 119 cm³/mol. The molecule has 162 valence electrons. The topological polar surface area (TPSA) is 65.1 Å². The van der Waals surface area contributed by atoms with E-state index in [1.807, 2.05) is 12.1 Å². The number of ether oxygens (including phenoxy) is 1. The third-order valence-corrected chi connectivity index (χ3v) is 6.97. The fourth-order valence-electron chi connectivity index (χ4n) is 3.69. The van der Waals surface area contributed by atoms with Crippen LogP contribution in [-0.2, 0) is 21.1 Å². The largest absolute Gasteiger partial charge is 0.379 e. The lowest BCUT2D eigenvalue weighted by Crippen LogP contribution is -2.46. The van der Waals surface area contributed by atoms with Crippen LogP contribution in [0.2, 0.25) is 0 Å². The van der Waals surface area contributed by atoms with Gasteiger partial charge in [-0.15, -0.1) is 0 Å². The zero-order valence-corrected chi connectivity index (χ0v) is 18.8. The molecule has 9 heteroatoms. The van der Waals surface area contributed by atoms with E-state index in [0.29, 0.717) is 4.90 Å². The van der Waals surface area contributed by atoms with Gasteiger partial charge in [-0.05, 0) is 36.3 Å². The zero-order valence-electron chi connectivity index (χ0n) is 17.2. The molecule has 3 rings (SSSR count). The number of nitrogens with one attached hydrogen (secondary N) is 1. The fraction of sp³-hybridized carbons (Fsp3) is 0.650. The summed E-state index contributed by atoms with van der Waals surface area (Å²) in [6.07, 6.45) is 2.30. The first-order valence-corrected chi connectivity index (χ1v) is 12.6. The Morgan fingerprint density at radius 3 is 2.45 bits per heavy atom. The van der Waals surface area contributed by atoms with Gasteiger partial charge in [0.15, 0.2) is 14.9 Å². The van der Waals surface area contributed by atoms with Gasteiger partial charge in [-0.1, -0.05) is 12.1 Å². The molecule has 0 spiro atoms. The van der Waals surface area contributed by atoms with Crippen molar-refractivity contribution in [2.45, 2.75) is 17.9 Å². The minimum atomic E-state index is -3.14. The van der Waals surface area contributed by atoms with E-state index < -0.39 is 9.84 Å². The van der Waals surface area contributed by atoms with Crippen molar-refractivity contribution >= 4 is 27.2 Å². The Morgan fingerprint density at radius 1 is 1.03 bits per heavy atom. The van der Waals surface area contributed by atoms with Gasteiger partial charge in [0.1, 0.15) is 0 Å². The molecule has 0 saturated carbocycles. The Morgan fingerprint density at radius 2 is 1.76 bits per heavy atom. The van der Waals surface area contributed by atoms with Crippen LogP contribution in [0.4, 0.5) is 0 Å². The number of morpholine rings is 1. The van der Waals surface area contributed by atoms with E-state index in [-0.39, 0.29) is 0 Å². The van der Waals surface area contributed by atoms with Crippen molar-refractivity contribution in [3.8, 4) is 0 Å². The lowest BCUT2D eigenvalue weighted by Gasteiger charge is -2.28. The van der Waals surface area contributed by atoms with E-state index in [1.54, 1.807) is 12.1 Å². The van der Waals surface area contributed by atoms with Crippen LogP contribution in [0, 0.1) is 0 Å². The number of sulfone groups is 1. The number of rotatable bonds is 6. The molecule has 1 aromatic carbocycles. The highest BCUT2D eigenvalue weighted by Gasteiger charge is 2.18. The summed E-state index contributed by atoms with van der Waals surface area (Å²) in [5.41, 5.74) is 1.14. The van der Waals surface area contributed by atoms with Crippen molar-refractivity contribution in [3.05, 3.63) is 29.8 Å². The van der Waals surface area contributed by atoms with Gasteiger partial charge >= 0.3 is 0 Å². The molecule has 0 unspecified atom stereocenters. The molecular formula is C20H32N4O3S2. The van der Waals surface area contributed by atoms with Crippen LogP contribution < -0.4 is 5.32 Å². The van der Waals surface area contributed by atoms with Gasteiger partial charge in [0, 0.05) is 65.2 Å². The lowest BCUT2D eigenvalue weighted by atomic mass is 10.2. The molecule has 2 saturated heterocycles. The highest BCUT2D eigenvalue weighted by atomic mass is 32.2. The molecule has 0 amide bonds. The van der Waals surface area contributed by atoms with Gasteiger partial charge in [-0.25, -0.2) is 8.42 Å². The molecule has 0 radical (unpaired) electrons. The average molecular weight is 441 g/mol. The molecule has 1 N–H and O–H groups in total. The summed E-state index contributed by atoms with van der Waals surface area (Å²) in [4.78, 5) is 7.45. The van der Waals surface area contributed by atoms with Gasteiger partial charge in [-0.3, -0.25) is 9.80 Å². The molecule has 2 fully saturated rings. The zero-order chi connectivity index (χ0) is 20.7. The summed E-state index contributed by atoms with van der Waals surface area (Å²) >= 11 is 5.61. The maximum atomic E-state index is 11.6. The summed E-state index contributed by atoms with van der Waals surface area (Å²) < 4.78 is 28.6. The SMILES string of the molecule is CS(=O)(=O)c1ccc(CN2CCCN(C(=S)NCCN3CCOCC3)CC2)cc1. The highest BCUT2D eigenvalue weighted by Crippen LogP contribution is 2.13. The summed E-state index contributed by atoms with van der Waals surface area (Å²) in [7, 11) is -3.14. The second-order valence-electron chi connectivity index (χ2n) is 7.72. The molecule has 29 heavy (non-hydrogen) atoms. The van der Waals surface area contributed by atoms with Crippen LogP contribution in [0.25, 0.3) is 0 Å². The number of thiocarbonyl (C=S) groups is 1. The van der Waals surface area contributed by atoms with E-state index in [0.717, 1.165) is 89.2 Å². The van der Waals surface area contributed by atoms with Crippen molar-refractivity contribution in [2.24, 2.45) is 0 Å². The molecule has 0 bridgehead atoms. The standard InChI is InChI=1S/C20H32N4O3S2/c1-29(25,26)19-5-3-18(4-6-19)17-23-8-2-9-24(12-11-23)20(28)21-7-10-22-13-15-27-16-14-22/h3-6H,2,7-17H2,1H3,(H,21,28). The first-order valence-electron chi connectivity index (χ1n) is 10.3. The summed E-state index contributed by atoms with van der Waals surface area (Å²) in [6, 6.07) is 7.22. The van der Waals surface area contributed by atoms with Gasteiger partial charge in [0.25, 0.3) is 0 Å². The van der Waals surface area contributed by atoms with Crippen molar-refractivity contribution in [1.29, 1.82) is 0 Å². The van der Waals surface area contributed by atoms with E-state index >= 15 is 0 Å². The normalized spacial score (nSPS) is 19.7. The molecule has 1 aromatic rings. The maximum absolute atomic E-state index is 11.6. The Hall–Kier alpha value is -1.26. The Labute approximate surface area is 179 Å². The minimum Gasteiger partial charge on any atom is -0.379 e. The smallest absolute Gasteiger partial charge is 0.175 e. The van der Waals surface area contributed by atoms with Crippen molar-refractivity contribution in [1.82, 2.24) is 20.0 Å². The number of nitrogens with zero attached hydrogens (tertiary/aromatic N) is 3. The third kappa shape index (κ3) is 7.18. The minimum absolute atomic E-state index is 0.372. The predicted octanol–water partition coefficient (Wildman–Crippen LogP) is 0.805. The van der Waals surface area contributed by atoms with Crippen LogP contribution in [0.15, 0.2) is 29.2 Å². The van der Waals surface area contributed by atoms with Gasteiger partial charge in [0.2, 0.25) is 0 Å². The molecule has 2 aliphatic heterocycles. The Bertz CT molecular complexity index is 764. The van der Waals surface area contributed by atoms with Crippen molar-refractivity contribution < 1.29 is 13.2 Å². The highest BCUT2D eigenvalue weighted by molar-refractivity contribution is 7.90. The molecule has 0 atom stereocenters. The van der Waals surface area contributed by atoms with Crippen LogP contribution in [0.1, 0.15) is 12.0 Å². The lowest BCUT2D eigenvalue weighted by molar-refractivity contribution is 0.0389. The Kier molecular flexibility index (Phi) is 8.25. The van der Waals surface area contributed by atoms with Crippen LogP contribution >= 0.6 is 12.2 Å². The molecule has 7 nitrogen and oxygen atoms in total. The quantitative estimate of drug-likeness (QED) is 0.652. The third-order valence-electron chi connectivity index (χ3n) is 5.44. The summed E-state index contributed by atoms with van der Waals surface area (Å²) in [5, 5.41) is 4.26. The monoisotopic (exact) mass is 440 g/mol. The second kappa shape index (κ2) is 10.7. The first kappa shape index (κ1) is 22.4. The molecular weight excluding hydrogens is 408 g/mol.